The summed E-state index contributed by atoms with van der Waals surface area (Å²) in [6.07, 6.45) is 1.60. The molecule has 2 unspecified atom stereocenters. The number of hydrogen-bond donors (Lipinski definition) is 1. The fourth-order valence-corrected chi connectivity index (χ4v) is 3.87. The summed E-state index contributed by atoms with van der Waals surface area (Å²) in [7, 11) is 1.60. The highest BCUT2D eigenvalue weighted by Crippen LogP contribution is 2.37. The van der Waals surface area contributed by atoms with Crippen molar-refractivity contribution in [1.82, 2.24) is 5.32 Å². The van der Waals surface area contributed by atoms with Gasteiger partial charge in [0.1, 0.15) is 4.21 Å². The van der Waals surface area contributed by atoms with Gasteiger partial charge < -0.3 is 5.32 Å². The fourth-order valence-electron chi connectivity index (χ4n) is 1.75. The van der Waals surface area contributed by atoms with E-state index in [1.54, 1.807) is 6.07 Å². The second-order valence-electron chi connectivity index (χ2n) is 4.52. The number of nitrogens with one attached hydrogen (secondary N) is 1. The summed E-state index contributed by atoms with van der Waals surface area (Å²) in [6, 6.07) is 3.22. The number of amides is 1. The van der Waals surface area contributed by atoms with E-state index in [-0.39, 0.29) is 16.0 Å². The van der Waals surface area contributed by atoms with E-state index in [4.69, 9.17) is 10.7 Å². The number of thiophene rings is 1. The van der Waals surface area contributed by atoms with Crippen molar-refractivity contribution in [3.63, 3.8) is 0 Å². The van der Waals surface area contributed by atoms with Crippen LogP contribution in [-0.4, -0.2) is 20.9 Å². The zero-order valence-corrected chi connectivity index (χ0v) is 12.2. The smallest absolute Gasteiger partial charge is 0.270 e. The average molecular weight is 308 g/mol. The van der Waals surface area contributed by atoms with Gasteiger partial charge in [0.2, 0.25) is 5.91 Å². The van der Waals surface area contributed by atoms with Gasteiger partial charge in [-0.05, 0) is 30.9 Å². The van der Waals surface area contributed by atoms with Crippen LogP contribution in [-0.2, 0) is 20.3 Å². The van der Waals surface area contributed by atoms with Crippen LogP contribution >= 0.6 is 22.0 Å². The normalized spacial score (nSPS) is 22.8. The molecule has 0 radical (unpaired) electrons. The van der Waals surface area contributed by atoms with Crippen LogP contribution in [0.1, 0.15) is 18.2 Å². The van der Waals surface area contributed by atoms with E-state index < -0.39 is 9.05 Å². The molecule has 100 valence electrons. The number of carbonyl (C=O) groups excluding carboxylic acids is 1. The van der Waals surface area contributed by atoms with Gasteiger partial charge in [0.25, 0.3) is 9.05 Å². The van der Waals surface area contributed by atoms with Crippen molar-refractivity contribution in [2.75, 3.05) is 6.54 Å². The molecule has 2 rings (SSSR count). The van der Waals surface area contributed by atoms with Crippen molar-refractivity contribution < 1.29 is 13.2 Å². The van der Waals surface area contributed by atoms with Gasteiger partial charge in [0.05, 0.1) is 0 Å². The molecule has 1 N–H and O–H groups in total. The fraction of sp³-hybridized carbons (Fsp3) is 0.545. The van der Waals surface area contributed by atoms with Crippen molar-refractivity contribution >= 4 is 37.0 Å². The third-order valence-corrected chi connectivity index (χ3v) is 6.23. The Bertz CT molecular complexity index is 552. The molecule has 1 aromatic heterocycles. The Labute approximate surface area is 115 Å². The number of rotatable bonds is 5. The molecule has 1 heterocycles. The van der Waals surface area contributed by atoms with Gasteiger partial charge in [0.15, 0.2) is 0 Å². The maximum atomic E-state index is 11.5. The van der Waals surface area contributed by atoms with Crippen molar-refractivity contribution in [1.29, 1.82) is 0 Å². The van der Waals surface area contributed by atoms with E-state index in [2.05, 4.69) is 12.2 Å². The van der Waals surface area contributed by atoms with Crippen LogP contribution in [0.25, 0.3) is 0 Å². The summed E-state index contributed by atoms with van der Waals surface area (Å²) < 4.78 is 22.3. The molecule has 1 fully saturated rings. The number of hydrogen-bond acceptors (Lipinski definition) is 4. The predicted molar refractivity (Wildman–Crippen MR) is 71.3 cm³/mol. The Morgan fingerprint density at radius 3 is 2.72 bits per heavy atom. The number of halogens is 1. The lowest BCUT2D eigenvalue weighted by atomic mass is 10.3. The lowest BCUT2D eigenvalue weighted by molar-refractivity contribution is -0.122. The van der Waals surface area contributed by atoms with Crippen LogP contribution in [0.15, 0.2) is 16.3 Å². The van der Waals surface area contributed by atoms with Gasteiger partial charge in [-0.2, -0.15) is 0 Å². The molecule has 0 aliphatic heterocycles. The van der Waals surface area contributed by atoms with Crippen LogP contribution in [0.5, 0.6) is 0 Å². The van der Waals surface area contributed by atoms with Crippen LogP contribution in [0, 0.1) is 11.8 Å². The molecular weight excluding hydrogens is 294 g/mol. The maximum Gasteiger partial charge on any atom is 0.270 e. The van der Waals surface area contributed by atoms with E-state index >= 15 is 0 Å². The third kappa shape index (κ3) is 3.46. The minimum absolute atomic E-state index is 0.101. The second-order valence-corrected chi connectivity index (χ2v) is 8.48. The molecule has 7 heteroatoms. The summed E-state index contributed by atoms with van der Waals surface area (Å²) in [5, 5.41) is 2.86. The minimum Gasteiger partial charge on any atom is -0.355 e. The molecule has 0 saturated heterocycles. The molecule has 18 heavy (non-hydrogen) atoms. The van der Waals surface area contributed by atoms with Crippen LogP contribution < -0.4 is 5.32 Å². The largest absolute Gasteiger partial charge is 0.355 e. The molecule has 1 aromatic rings. The first-order chi connectivity index (χ1) is 8.38. The first-order valence-electron chi connectivity index (χ1n) is 5.69. The van der Waals surface area contributed by atoms with Crippen LogP contribution in [0.4, 0.5) is 0 Å². The third-order valence-electron chi connectivity index (χ3n) is 2.99. The van der Waals surface area contributed by atoms with Gasteiger partial charge in [-0.25, -0.2) is 8.42 Å². The molecule has 0 bridgehead atoms. The Balaban J connectivity index is 1.80. The SMILES string of the molecule is CC1CC1C(=O)NCCc1ccc(S(=O)(=O)Cl)s1. The van der Waals surface area contributed by atoms with Gasteiger partial charge in [0, 0.05) is 28.0 Å². The van der Waals surface area contributed by atoms with Crippen LogP contribution in [0.2, 0.25) is 0 Å². The summed E-state index contributed by atoms with van der Waals surface area (Å²) in [5.41, 5.74) is 0. The zero-order chi connectivity index (χ0) is 13.3. The first kappa shape index (κ1) is 13.8. The Morgan fingerprint density at radius 1 is 1.56 bits per heavy atom. The molecule has 2 atom stereocenters. The Hall–Kier alpha value is -0.590. The van der Waals surface area contributed by atoms with Crippen molar-refractivity contribution in [3.8, 4) is 0 Å². The lowest BCUT2D eigenvalue weighted by Crippen LogP contribution is -2.27. The molecule has 4 nitrogen and oxygen atoms in total. The molecule has 1 amide bonds. The molecule has 1 saturated carbocycles. The van der Waals surface area contributed by atoms with Gasteiger partial charge in [-0.1, -0.05) is 6.92 Å². The molecule has 1 aliphatic carbocycles. The highest BCUT2D eigenvalue weighted by atomic mass is 35.7. The maximum absolute atomic E-state index is 11.5. The van der Waals surface area contributed by atoms with E-state index in [0.29, 0.717) is 18.9 Å². The summed E-state index contributed by atoms with van der Waals surface area (Å²) >= 11 is 1.14. The van der Waals surface area contributed by atoms with E-state index in [0.717, 1.165) is 22.6 Å². The van der Waals surface area contributed by atoms with E-state index in [1.807, 2.05) is 0 Å². The van der Waals surface area contributed by atoms with Gasteiger partial charge in [-0.3, -0.25) is 4.79 Å². The van der Waals surface area contributed by atoms with E-state index in [1.165, 1.54) is 6.07 Å². The topological polar surface area (TPSA) is 63.2 Å². The van der Waals surface area contributed by atoms with Crippen molar-refractivity contribution in [2.24, 2.45) is 11.8 Å². The monoisotopic (exact) mass is 307 g/mol. The summed E-state index contributed by atoms with van der Waals surface area (Å²) in [6.45, 7) is 2.59. The quantitative estimate of drug-likeness (QED) is 0.846. The molecule has 1 aliphatic rings. The second kappa shape index (κ2) is 5.19. The summed E-state index contributed by atoms with van der Waals surface area (Å²) in [4.78, 5) is 12.4. The standard InChI is InChI=1S/C11H14ClNO3S2/c1-7-6-9(7)11(14)13-5-4-8-2-3-10(17-8)18(12,15)16/h2-3,7,9H,4-6H2,1H3,(H,13,14). The van der Waals surface area contributed by atoms with Gasteiger partial charge in [-0.15, -0.1) is 11.3 Å². The Kier molecular flexibility index (Phi) is 3.99. The zero-order valence-electron chi connectivity index (χ0n) is 9.85. The number of carbonyl (C=O) groups is 1. The van der Waals surface area contributed by atoms with Crippen molar-refractivity contribution in [2.45, 2.75) is 24.0 Å². The highest BCUT2D eigenvalue weighted by Gasteiger charge is 2.38. The van der Waals surface area contributed by atoms with E-state index in [9.17, 15) is 13.2 Å². The average Bonchev–Trinajstić information content (AvgIpc) is 2.80. The minimum atomic E-state index is -3.63. The molecular formula is C11H14ClNO3S2. The molecule has 0 aromatic carbocycles. The van der Waals surface area contributed by atoms with Crippen molar-refractivity contribution in [3.05, 3.63) is 17.0 Å². The summed E-state index contributed by atoms with van der Waals surface area (Å²) in [5.74, 6) is 0.774. The lowest BCUT2D eigenvalue weighted by Gasteiger charge is -2.02. The highest BCUT2D eigenvalue weighted by molar-refractivity contribution is 8.15. The Morgan fingerprint density at radius 2 is 2.22 bits per heavy atom. The first-order valence-corrected chi connectivity index (χ1v) is 8.81. The predicted octanol–water partition coefficient (Wildman–Crippen LogP) is 1.99. The van der Waals surface area contributed by atoms with Gasteiger partial charge >= 0.3 is 0 Å². The molecule has 0 spiro atoms. The van der Waals surface area contributed by atoms with Crippen LogP contribution in [0.3, 0.4) is 0 Å².